The van der Waals surface area contributed by atoms with Crippen molar-refractivity contribution < 1.29 is 18.0 Å². The Kier molecular flexibility index (Phi) is 2.84. The van der Waals surface area contributed by atoms with Gasteiger partial charge in [0.15, 0.2) is 0 Å². The molecular formula is C8H5BrF3NO. The largest absolute Gasteiger partial charge is 0.364 e. The molecular weight excluding hydrogens is 263 g/mol. The Morgan fingerprint density at radius 3 is 2.50 bits per heavy atom. The maximum atomic E-state index is 13.0. The van der Waals surface area contributed by atoms with Crippen molar-refractivity contribution in [3.05, 3.63) is 34.1 Å². The standard InChI is InChI=1S/C8H5BrF3NO/c9-6-2-1-4(10)3-5(6)8(11,12)7(13)14/h1-3H,(H2,13,14). The second-order valence-electron chi connectivity index (χ2n) is 2.56. The van der Waals surface area contributed by atoms with Gasteiger partial charge in [0, 0.05) is 10.0 Å². The summed E-state index contributed by atoms with van der Waals surface area (Å²) in [5.74, 6) is -6.55. The van der Waals surface area contributed by atoms with Crippen LogP contribution in [0.4, 0.5) is 13.2 Å². The van der Waals surface area contributed by atoms with E-state index in [0.29, 0.717) is 6.07 Å². The molecule has 0 spiro atoms. The van der Waals surface area contributed by atoms with Crippen molar-refractivity contribution in [1.82, 2.24) is 0 Å². The van der Waals surface area contributed by atoms with Crippen LogP contribution in [0.15, 0.2) is 22.7 Å². The molecule has 0 heterocycles. The Balaban J connectivity index is 3.31. The normalized spacial score (nSPS) is 11.4. The van der Waals surface area contributed by atoms with E-state index in [9.17, 15) is 18.0 Å². The Morgan fingerprint density at radius 1 is 1.43 bits per heavy atom. The Bertz CT molecular complexity index is 381. The van der Waals surface area contributed by atoms with E-state index in [1.165, 1.54) is 0 Å². The average Bonchev–Trinajstić information content (AvgIpc) is 2.08. The summed E-state index contributed by atoms with van der Waals surface area (Å²) in [6.07, 6.45) is 0. The maximum absolute atomic E-state index is 13.0. The number of alkyl halides is 2. The van der Waals surface area contributed by atoms with Gasteiger partial charge in [-0.25, -0.2) is 4.39 Å². The van der Waals surface area contributed by atoms with Crippen LogP contribution < -0.4 is 5.73 Å². The van der Waals surface area contributed by atoms with Gasteiger partial charge in [-0.05, 0) is 18.2 Å². The lowest BCUT2D eigenvalue weighted by atomic mass is 10.1. The zero-order valence-corrected chi connectivity index (χ0v) is 8.32. The summed E-state index contributed by atoms with van der Waals surface area (Å²) >= 11 is 2.78. The molecule has 6 heteroatoms. The van der Waals surface area contributed by atoms with Crippen LogP contribution in [0.5, 0.6) is 0 Å². The third-order valence-electron chi connectivity index (χ3n) is 1.58. The zero-order valence-electron chi connectivity index (χ0n) is 6.73. The molecule has 1 aromatic carbocycles. The first-order valence-corrected chi connectivity index (χ1v) is 4.28. The average molecular weight is 268 g/mol. The van der Waals surface area contributed by atoms with Gasteiger partial charge in [0.05, 0.1) is 0 Å². The predicted octanol–water partition coefficient (Wildman–Crippen LogP) is 2.17. The van der Waals surface area contributed by atoms with Crippen LogP contribution in [0.1, 0.15) is 5.56 Å². The van der Waals surface area contributed by atoms with Crippen LogP contribution in [0, 0.1) is 5.82 Å². The molecule has 1 amide bonds. The van der Waals surface area contributed by atoms with Gasteiger partial charge in [0.25, 0.3) is 5.91 Å². The van der Waals surface area contributed by atoms with Crippen LogP contribution in [0.25, 0.3) is 0 Å². The second kappa shape index (κ2) is 3.61. The number of nitrogens with two attached hydrogens (primary N) is 1. The van der Waals surface area contributed by atoms with Gasteiger partial charge in [-0.15, -0.1) is 0 Å². The van der Waals surface area contributed by atoms with Crippen LogP contribution >= 0.6 is 15.9 Å². The van der Waals surface area contributed by atoms with Crippen molar-refractivity contribution >= 4 is 21.8 Å². The van der Waals surface area contributed by atoms with Gasteiger partial charge >= 0.3 is 5.92 Å². The molecule has 0 atom stereocenters. The monoisotopic (exact) mass is 267 g/mol. The van der Waals surface area contributed by atoms with Crippen molar-refractivity contribution in [3.63, 3.8) is 0 Å². The highest BCUT2D eigenvalue weighted by atomic mass is 79.9. The van der Waals surface area contributed by atoms with E-state index in [1.54, 1.807) is 0 Å². The number of hydrogen-bond acceptors (Lipinski definition) is 1. The van der Waals surface area contributed by atoms with Crippen LogP contribution in [-0.2, 0) is 10.7 Å². The maximum Gasteiger partial charge on any atom is 0.350 e. The molecule has 0 saturated heterocycles. The number of carbonyl (C=O) groups excluding carboxylic acids is 1. The summed E-state index contributed by atoms with van der Waals surface area (Å²) in [6.45, 7) is 0. The molecule has 0 aliphatic heterocycles. The van der Waals surface area contributed by atoms with Crippen LogP contribution in [0.3, 0.4) is 0 Å². The van der Waals surface area contributed by atoms with E-state index in [0.717, 1.165) is 12.1 Å². The van der Waals surface area contributed by atoms with Crippen molar-refractivity contribution in [2.75, 3.05) is 0 Å². The number of rotatable bonds is 2. The number of halogens is 4. The molecule has 1 aromatic rings. The number of carbonyl (C=O) groups is 1. The molecule has 0 unspecified atom stereocenters. The van der Waals surface area contributed by atoms with Gasteiger partial charge in [-0.1, -0.05) is 15.9 Å². The second-order valence-corrected chi connectivity index (χ2v) is 3.42. The fraction of sp³-hybridized carbons (Fsp3) is 0.125. The highest BCUT2D eigenvalue weighted by Crippen LogP contribution is 2.33. The molecule has 0 aliphatic rings. The number of benzene rings is 1. The van der Waals surface area contributed by atoms with E-state index < -0.39 is 23.2 Å². The predicted molar refractivity (Wildman–Crippen MR) is 47.2 cm³/mol. The molecule has 0 radical (unpaired) electrons. The van der Waals surface area contributed by atoms with Gasteiger partial charge in [-0.2, -0.15) is 8.78 Å². The minimum absolute atomic E-state index is 0.0669. The Morgan fingerprint density at radius 2 is 2.00 bits per heavy atom. The van der Waals surface area contributed by atoms with Gasteiger partial charge in [-0.3, -0.25) is 4.79 Å². The van der Waals surface area contributed by atoms with E-state index in [-0.39, 0.29) is 4.47 Å². The molecule has 0 aliphatic carbocycles. The van der Waals surface area contributed by atoms with E-state index >= 15 is 0 Å². The molecule has 2 N–H and O–H groups in total. The smallest absolute Gasteiger partial charge is 0.350 e. The van der Waals surface area contributed by atoms with E-state index in [2.05, 4.69) is 21.7 Å². The van der Waals surface area contributed by atoms with Gasteiger partial charge in [0.1, 0.15) is 5.82 Å². The zero-order chi connectivity index (χ0) is 10.9. The highest BCUT2D eigenvalue weighted by molar-refractivity contribution is 9.10. The fourth-order valence-corrected chi connectivity index (χ4v) is 1.37. The van der Waals surface area contributed by atoms with Gasteiger partial charge in [0.2, 0.25) is 0 Å². The minimum atomic E-state index is -3.87. The van der Waals surface area contributed by atoms with Crippen molar-refractivity contribution in [2.45, 2.75) is 5.92 Å². The van der Waals surface area contributed by atoms with Crippen molar-refractivity contribution in [1.29, 1.82) is 0 Å². The summed E-state index contributed by atoms with van der Waals surface area (Å²) < 4.78 is 38.7. The Hall–Kier alpha value is -1.04. The summed E-state index contributed by atoms with van der Waals surface area (Å²) in [5, 5.41) is 0. The quantitative estimate of drug-likeness (QED) is 0.877. The summed E-state index contributed by atoms with van der Waals surface area (Å²) in [5.41, 5.74) is 3.72. The van der Waals surface area contributed by atoms with Crippen molar-refractivity contribution in [3.8, 4) is 0 Å². The lowest BCUT2D eigenvalue weighted by Gasteiger charge is -2.13. The molecule has 76 valence electrons. The van der Waals surface area contributed by atoms with Crippen LogP contribution in [0.2, 0.25) is 0 Å². The van der Waals surface area contributed by atoms with Crippen molar-refractivity contribution in [2.24, 2.45) is 5.73 Å². The number of hydrogen-bond donors (Lipinski definition) is 1. The lowest BCUT2D eigenvalue weighted by Crippen LogP contribution is -2.33. The molecule has 0 aromatic heterocycles. The number of primary amides is 1. The molecule has 1 rings (SSSR count). The number of amides is 1. The lowest BCUT2D eigenvalue weighted by molar-refractivity contribution is -0.143. The molecule has 0 bridgehead atoms. The highest BCUT2D eigenvalue weighted by Gasteiger charge is 2.40. The molecule has 0 saturated carbocycles. The summed E-state index contributed by atoms with van der Waals surface area (Å²) in [6, 6.07) is 2.64. The first-order chi connectivity index (χ1) is 6.35. The topological polar surface area (TPSA) is 43.1 Å². The molecule has 0 fully saturated rings. The molecule has 2 nitrogen and oxygen atoms in total. The Labute approximate surface area is 86.0 Å². The summed E-state index contributed by atoms with van der Waals surface area (Å²) in [7, 11) is 0. The van der Waals surface area contributed by atoms with E-state index in [1.807, 2.05) is 0 Å². The first-order valence-electron chi connectivity index (χ1n) is 3.49. The van der Waals surface area contributed by atoms with E-state index in [4.69, 9.17) is 0 Å². The van der Waals surface area contributed by atoms with Crippen LogP contribution in [-0.4, -0.2) is 5.91 Å². The summed E-state index contributed by atoms with van der Waals surface area (Å²) in [4.78, 5) is 10.4. The SMILES string of the molecule is NC(=O)C(F)(F)c1cc(F)ccc1Br. The minimum Gasteiger partial charge on any atom is -0.364 e. The third kappa shape index (κ3) is 1.89. The first kappa shape index (κ1) is 11.0. The fourth-order valence-electron chi connectivity index (χ4n) is 0.871. The third-order valence-corrected chi connectivity index (χ3v) is 2.27. The molecule has 14 heavy (non-hydrogen) atoms. The van der Waals surface area contributed by atoms with Gasteiger partial charge < -0.3 is 5.73 Å².